The predicted molar refractivity (Wildman–Crippen MR) is 62.4 cm³/mol. The Morgan fingerprint density at radius 2 is 2.44 bits per heavy atom. The standard InChI is InChI=1S/C10H14N2O3S/c1-15-10(14)8-5-7(11)6-12-9(8)16-4-2-3-13/h5-6,13H,2-4,11H2,1H3. The summed E-state index contributed by atoms with van der Waals surface area (Å²) in [4.78, 5) is 15.5. The first-order chi connectivity index (χ1) is 7.69. The normalized spacial score (nSPS) is 10.1. The number of aliphatic hydroxyl groups excluding tert-OH is 1. The third kappa shape index (κ3) is 3.39. The monoisotopic (exact) mass is 242 g/mol. The molecule has 3 N–H and O–H groups in total. The van der Waals surface area contributed by atoms with E-state index in [1.165, 1.54) is 25.1 Å². The second-order valence-electron chi connectivity index (χ2n) is 3.04. The lowest BCUT2D eigenvalue weighted by atomic mass is 10.3. The maximum atomic E-state index is 11.4. The van der Waals surface area contributed by atoms with E-state index in [4.69, 9.17) is 10.8 Å². The summed E-state index contributed by atoms with van der Waals surface area (Å²) >= 11 is 1.40. The molecule has 0 atom stereocenters. The zero-order valence-corrected chi connectivity index (χ0v) is 9.79. The smallest absolute Gasteiger partial charge is 0.340 e. The van der Waals surface area contributed by atoms with E-state index in [0.29, 0.717) is 28.5 Å². The highest BCUT2D eigenvalue weighted by Gasteiger charge is 2.13. The molecule has 0 aliphatic rings. The summed E-state index contributed by atoms with van der Waals surface area (Å²) in [6.07, 6.45) is 2.14. The van der Waals surface area contributed by atoms with Crippen LogP contribution in [-0.2, 0) is 4.74 Å². The van der Waals surface area contributed by atoms with Gasteiger partial charge >= 0.3 is 5.97 Å². The molecule has 0 saturated heterocycles. The van der Waals surface area contributed by atoms with Gasteiger partial charge in [-0.05, 0) is 12.5 Å². The van der Waals surface area contributed by atoms with Gasteiger partial charge in [-0.1, -0.05) is 0 Å². The van der Waals surface area contributed by atoms with Crippen molar-refractivity contribution in [2.45, 2.75) is 11.4 Å². The van der Waals surface area contributed by atoms with Crippen LogP contribution in [0, 0.1) is 0 Å². The van der Waals surface area contributed by atoms with Crippen molar-refractivity contribution in [3.63, 3.8) is 0 Å². The molecule has 1 rings (SSSR count). The lowest BCUT2D eigenvalue weighted by Crippen LogP contribution is -2.06. The molecule has 0 aliphatic heterocycles. The van der Waals surface area contributed by atoms with Gasteiger partial charge in [0.15, 0.2) is 0 Å². The van der Waals surface area contributed by atoms with Gasteiger partial charge in [-0.25, -0.2) is 9.78 Å². The lowest BCUT2D eigenvalue weighted by molar-refractivity contribution is 0.0596. The minimum Gasteiger partial charge on any atom is -0.465 e. The van der Waals surface area contributed by atoms with Crippen LogP contribution in [0.1, 0.15) is 16.8 Å². The van der Waals surface area contributed by atoms with Crippen LogP contribution in [0.3, 0.4) is 0 Å². The summed E-state index contributed by atoms with van der Waals surface area (Å²) in [6, 6.07) is 1.54. The third-order valence-corrected chi connectivity index (χ3v) is 2.91. The second kappa shape index (κ2) is 6.34. The number of nitrogen functional groups attached to an aromatic ring is 1. The van der Waals surface area contributed by atoms with Gasteiger partial charge in [0, 0.05) is 12.4 Å². The van der Waals surface area contributed by atoms with E-state index in [1.807, 2.05) is 0 Å². The number of thioether (sulfide) groups is 1. The number of rotatable bonds is 5. The number of anilines is 1. The molecule has 1 aromatic rings. The van der Waals surface area contributed by atoms with Gasteiger partial charge in [-0.3, -0.25) is 0 Å². The van der Waals surface area contributed by atoms with Gasteiger partial charge in [0.25, 0.3) is 0 Å². The van der Waals surface area contributed by atoms with Gasteiger partial charge in [0.2, 0.25) is 0 Å². The van der Waals surface area contributed by atoms with E-state index < -0.39 is 5.97 Å². The number of pyridine rings is 1. The average Bonchev–Trinajstić information content (AvgIpc) is 2.30. The molecule has 5 nitrogen and oxygen atoms in total. The number of nitrogens with zero attached hydrogens (tertiary/aromatic N) is 1. The van der Waals surface area contributed by atoms with Crippen molar-refractivity contribution in [1.29, 1.82) is 0 Å². The fraction of sp³-hybridized carbons (Fsp3) is 0.400. The topological polar surface area (TPSA) is 85.4 Å². The van der Waals surface area contributed by atoms with Gasteiger partial charge in [-0.15, -0.1) is 11.8 Å². The molecule has 0 radical (unpaired) electrons. The summed E-state index contributed by atoms with van der Waals surface area (Å²) in [5, 5.41) is 9.25. The van der Waals surface area contributed by atoms with E-state index >= 15 is 0 Å². The molecule has 0 spiro atoms. The van der Waals surface area contributed by atoms with E-state index in [0.717, 1.165) is 0 Å². The number of ether oxygens (including phenoxy) is 1. The van der Waals surface area contributed by atoms with E-state index in [2.05, 4.69) is 9.72 Å². The number of nitrogens with two attached hydrogens (primary N) is 1. The summed E-state index contributed by atoms with van der Waals surface area (Å²) in [5.74, 6) is 0.239. The van der Waals surface area contributed by atoms with Crippen molar-refractivity contribution in [1.82, 2.24) is 4.98 Å². The zero-order chi connectivity index (χ0) is 12.0. The van der Waals surface area contributed by atoms with E-state index in [-0.39, 0.29) is 6.61 Å². The van der Waals surface area contributed by atoms with Gasteiger partial charge in [0.1, 0.15) is 5.03 Å². The minimum absolute atomic E-state index is 0.121. The number of hydrogen-bond acceptors (Lipinski definition) is 6. The summed E-state index contributed by atoms with van der Waals surface area (Å²) in [5.41, 5.74) is 6.34. The highest BCUT2D eigenvalue weighted by Crippen LogP contribution is 2.23. The molecule has 1 heterocycles. The van der Waals surface area contributed by atoms with E-state index in [1.54, 1.807) is 6.07 Å². The van der Waals surface area contributed by atoms with Crippen molar-refractivity contribution in [3.05, 3.63) is 17.8 Å². The van der Waals surface area contributed by atoms with Crippen molar-refractivity contribution >= 4 is 23.4 Å². The van der Waals surface area contributed by atoms with Crippen molar-refractivity contribution < 1.29 is 14.6 Å². The Labute approximate surface area is 98.0 Å². The van der Waals surface area contributed by atoms with Crippen LogP contribution >= 0.6 is 11.8 Å². The second-order valence-corrected chi connectivity index (χ2v) is 4.12. The molecule has 16 heavy (non-hydrogen) atoms. The summed E-state index contributed by atoms with van der Waals surface area (Å²) in [7, 11) is 1.31. The molecule has 0 saturated carbocycles. The van der Waals surface area contributed by atoms with Gasteiger partial charge in [0.05, 0.1) is 24.6 Å². The molecule has 1 aromatic heterocycles. The fourth-order valence-corrected chi connectivity index (χ4v) is 1.96. The van der Waals surface area contributed by atoms with Crippen molar-refractivity contribution in [2.75, 3.05) is 25.2 Å². The molecule has 6 heteroatoms. The van der Waals surface area contributed by atoms with Crippen LogP contribution in [0.25, 0.3) is 0 Å². The number of aromatic nitrogens is 1. The van der Waals surface area contributed by atoms with Gasteiger partial charge < -0.3 is 15.6 Å². The van der Waals surface area contributed by atoms with Crippen LogP contribution in [-0.4, -0.2) is 35.5 Å². The molecular weight excluding hydrogens is 228 g/mol. The predicted octanol–water partition coefficient (Wildman–Crippen LogP) is 0.925. The number of hydrogen-bond donors (Lipinski definition) is 2. The molecule has 0 aromatic carbocycles. The Morgan fingerprint density at radius 1 is 1.69 bits per heavy atom. The minimum atomic E-state index is -0.453. The fourth-order valence-electron chi connectivity index (χ4n) is 1.07. The molecule has 0 amide bonds. The molecule has 0 fully saturated rings. The Kier molecular flexibility index (Phi) is 5.07. The Morgan fingerprint density at radius 3 is 3.06 bits per heavy atom. The number of esters is 1. The third-order valence-electron chi connectivity index (χ3n) is 1.82. The SMILES string of the molecule is COC(=O)c1cc(N)cnc1SCCCO. The number of carbonyl (C=O) groups excluding carboxylic acids is 1. The van der Waals surface area contributed by atoms with Crippen LogP contribution in [0.4, 0.5) is 5.69 Å². The molecule has 0 aliphatic carbocycles. The lowest BCUT2D eigenvalue weighted by Gasteiger charge is -2.06. The van der Waals surface area contributed by atoms with Crippen LogP contribution < -0.4 is 5.73 Å². The number of carbonyl (C=O) groups is 1. The first-order valence-corrected chi connectivity index (χ1v) is 5.75. The van der Waals surface area contributed by atoms with Crippen LogP contribution in [0.2, 0.25) is 0 Å². The Balaban J connectivity index is 2.85. The Hall–Kier alpha value is -1.27. The maximum absolute atomic E-state index is 11.4. The highest BCUT2D eigenvalue weighted by atomic mass is 32.2. The molecular formula is C10H14N2O3S. The molecule has 0 unspecified atom stereocenters. The largest absolute Gasteiger partial charge is 0.465 e. The average molecular weight is 242 g/mol. The van der Waals surface area contributed by atoms with Crippen LogP contribution in [0.5, 0.6) is 0 Å². The quantitative estimate of drug-likeness (QED) is 0.454. The zero-order valence-electron chi connectivity index (χ0n) is 8.97. The van der Waals surface area contributed by atoms with Crippen LogP contribution in [0.15, 0.2) is 17.3 Å². The molecule has 88 valence electrons. The summed E-state index contributed by atoms with van der Waals surface area (Å²) < 4.78 is 4.64. The van der Waals surface area contributed by atoms with Crippen molar-refractivity contribution in [3.8, 4) is 0 Å². The summed E-state index contributed by atoms with van der Waals surface area (Å²) in [6.45, 7) is 0.121. The first-order valence-electron chi connectivity index (χ1n) is 4.76. The maximum Gasteiger partial charge on any atom is 0.340 e. The van der Waals surface area contributed by atoms with Crippen molar-refractivity contribution in [2.24, 2.45) is 0 Å². The molecule has 0 bridgehead atoms. The van der Waals surface area contributed by atoms with Gasteiger partial charge in [-0.2, -0.15) is 0 Å². The Bertz CT molecular complexity index is 371. The highest BCUT2D eigenvalue weighted by molar-refractivity contribution is 7.99. The van der Waals surface area contributed by atoms with E-state index in [9.17, 15) is 4.79 Å². The first kappa shape index (κ1) is 12.8. The number of aliphatic hydroxyl groups is 1. The number of methoxy groups -OCH3 is 1.